The highest BCUT2D eigenvalue weighted by Crippen LogP contribution is 2.24. The van der Waals surface area contributed by atoms with Crippen molar-refractivity contribution in [3.05, 3.63) is 72.6 Å². The Morgan fingerprint density at radius 1 is 1.11 bits per heavy atom. The van der Waals surface area contributed by atoms with Gasteiger partial charge in [-0.25, -0.2) is 4.98 Å². The van der Waals surface area contributed by atoms with E-state index in [9.17, 15) is 4.79 Å². The Morgan fingerprint density at radius 2 is 1.89 bits per heavy atom. The van der Waals surface area contributed by atoms with Gasteiger partial charge >= 0.3 is 0 Å². The number of pyridine rings is 1. The van der Waals surface area contributed by atoms with E-state index in [0.29, 0.717) is 11.0 Å². The van der Waals surface area contributed by atoms with Crippen LogP contribution in [0.4, 0.5) is 0 Å². The summed E-state index contributed by atoms with van der Waals surface area (Å²) in [5.74, 6) is 0.859. The van der Waals surface area contributed by atoms with Crippen molar-refractivity contribution >= 4 is 28.4 Å². The number of nitrogens with one attached hydrogen (secondary N) is 2. The zero-order chi connectivity index (χ0) is 19.3. The molecule has 0 bridgehead atoms. The molecule has 0 fully saturated rings. The minimum absolute atomic E-state index is 0.0549. The highest BCUT2D eigenvalue weighted by molar-refractivity contribution is 7.99. The summed E-state index contributed by atoms with van der Waals surface area (Å²) >= 11 is 1.30. The normalized spacial score (nSPS) is 12.0. The zero-order valence-corrected chi connectivity index (χ0v) is 16.1. The molecule has 4 aromatic rings. The van der Waals surface area contributed by atoms with Crippen LogP contribution in [0.5, 0.6) is 0 Å². The van der Waals surface area contributed by atoms with Crippen LogP contribution < -0.4 is 5.32 Å². The Morgan fingerprint density at radius 3 is 2.75 bits per heavy atom. The molecule has 2 aromatic heterocycles. The lowest BCUT2D eigenvalue weighted by Gasteiger charge is -2.16. The van der Waals surface area contributed by atoms with Crippen LogP contribution in [0.2, 0.25) is 0 Å². The number of aromatic nitrogens is 4. The third-order valence-electron chi connectivity index (χ3n) is 4.42. The summed E-state index contributed by atoms with van der Waals surface area (Å²) in [6, 6.07) is 18.0. The van der Waals surface area contributed by atoms with Crippen LogP contribution in [0.25, 0.3) is 22.2 Å². The molecule has 0 aliphatic heterocycles. The van der Waals surface area contributed by atoms with Gasteiger partial charge in [0.05, 0.1) is 11.8 Å². The summed E-state index contributed by atoms with van der Waals surface area (Å²) in [6.07, 6.45) is 3.40. The first-order valence-corrected chi connectivity index (χ1v) is 9.92. The number of carbonyl (C=O) groups excluding carboxylic acids is 1. The summed E-state index contributed by atoms with van der Waals surface area (Å²) in [4.78, 5) is 20.8. The number of carbonyl (C=O) groups is 1. The molecule has 0 aliphatic rings. The van der Waals surface area contributed by atoms with Gasteiger partial charge in [0.1, 0.15) is 0 Å². The van der Waals surface area contributed by atoms with Crippen molar-refractivity contribution in [2.45, 2.75) is 18.1 Å². The van der Waals surface area contributed by atoms with E-state index in [1.165, 1.54) is 17.1 Å². The van der Waals surface area contributed by atoms with E-state index < -0.39 is 0 Å². The molecular formula is C21H19N5OS. The summed E-state index contributed by atoms with van der Waals surface area (Å²) < 4.78 is 0. The minimum Gasteiger partial charge on any atom is -0.349 e. The van der Waals surface area contributed by atoms with E-state index >= 15 is 0 Å². The average Bonchev–Trinajstić information content (AvgIpc) is 3.21. The van der Waals surface area contributed by atoms with Gasteiger partial charge in [0.25, 0.3) is 0 Å². The van der Waals surface area contributed by atoms with Crippen LogP contribution >= 0.6 is 11.8 Å². The highest BCUT2D eigenvalue weighted by Gasteiger charge is 2.14. The van der Waals surface area contributed by atoms with Crippen molar-refractivity contribution in [1.82, 2.24) is 25.5 Å². The van der Waals surface area contributed by atoms with Gasteiger partial charge in [-0.05, 0) is 35.4 Å². The zero-order valence-electron chi connectivity index (χ0n) is 15.3. The molecule has 1 atom stereocenters. The Bertz CT molecular complexity index is 1090. The molecule has 28 heavy (non-hydrogen) atoms. The molecule has 0 spiro atoms. The van der Waals surface area contributed by atoms with E-state index in [0.717, 1.165) is 16.5 Å². The van der Waals surface area contributed by atoms with Crippen LogP contribution in [0.1, 0.15) is 18.5 Å². The van der Waals surface area contributed by atoms with Crippen molar-refractivity contribution in [3.8, 4) is 11.4 Å². The summed E-state index contributed by atoms with van der Waals surface area (Å²) in [6.45, 7) is 2.00. The lowest BCUT2D eigenvalue weighted by molar-refractivity contribution is -0.119. The molecule has 6 nitrogen and oxygen atoms in total. The molecule has 4 rings (SSSR count). The second-order valence-electron chi connectivity index (χ2n) is 6.35. The van der Waals surface area contributed by atoms with Gasteiger partial charge in [0, 0.05) is 18.0 Å². The standard InChI is InChI=1S/C21H19N5OS/c1-14(17-8-4-6-15-5-2-3-7-18(15)17)23-19(27)13-28-21-24-20(25-26-21)16-9-11-22-12-10-16/h2-12,14H,13H2,1H3,(H,23,27)(H,24,25,26)/t14-/m0/s1. The van der Waals surface area contributed by atoms with Crippen molar-refractivity contribution in [2.24, 2.45) is 0 Å². The molecule has 0 radical (unpaired) electrons. The quantitative estimate of drug-likeness (QED) is 0.487. The Labute approximate surface area is 166 Å². The smallest absolute Gasteiger partial charge is 0.230 e. The Hall–Kier alpha value is -3.19. The lowest BCUT2D eigenvalue weighted by atomic mass is 10.00. The second kappa shape index (κ2) is 8.22. The van der Waals surface area contributed by atoms with Gasteiger partial charge < -0.3 is 5.32 Å². The highest BCUT2D eigenvalue weighted by atomic mass is 32.2. The maximum Gasteiger partial charge on any atom is 0.230 e. The molecule has 140 valence electrons. The third-order valence-corrected chi connectivity index (χ3v) is 5.27. The largest absolute Gasteiger partial charge is 0.349 e. The first-order chi connectivity index (χ1) is 13.7. The van der Waals surface area contributed by atoms with E-state index in [1.54, 1.807) is 12.4 Å². The average molecular weight is 389 g/mol. The summed E-state index contributed by atoms with van der Waals surface area (Å²) in [7, 11) is 0. The maximum absolute atomic E-state index is 12.4. The molecule has 2 aromatic carbocycles. The molecular weight excluding hydrogens is 370 g/mol. The predicted octanol–water partition coefficient (Wildman–Crippen LogP) is 3.99. The molecule has 7 heteroatoms. The van der Waals surface area contributed by atoms with E-state index in [4.69, 9.17) is 0 Å². The Balaban J connectivity index is 1.37. The number of amides is 1. The monoisotopic (exact) mass is 389 g/mol. The SMILES string of the molecule is C[C@H](NC(=O)CSc1n[nH]c(-c2ccncc2)n1)c1cccc2ccccc12. The third kappa shape index (κ3) is 4.04. The number of hydrogen-bond acceptors (Lipinski definition) is 5. The van der Waals surface area contributed by atoms with Crippen LogP contribution in [0, 0.1) is 0 Å². The fourth-order valence-corrected chi connectivity index (χ4v) is 3.68. The molecule has 0 aliphatic carbocycles. The maximum atomic E-state index is 12.4. The van der Waals surface area contributed by atoms with Gasteiger partial charge in [-0.2, -0.15) is 0 Å². The van der Waals surface area contributed by atoms with Gasteiger partial charge in [0.2, 0.25) is 11.1 Å². The van der Waals surface area contributed by atoms with Crippen LogP contribution in [0.15, 0.2) is 72.1 Å². The van der Waals surface area contributed by atoms with Crippen LogP contribution in [0.3, 0.4) is 0 Å². The predicted molar refractivity (Wildman–Crippen MR) is 111 cm³/mol. The van der Waals surface area contributed by atoms with E-state index in [-0.39, 0.29) is 17.7 Å². The van der Waals surface area contributed by atoms with Gasteiger partial charge in [0.15, 0.2) is 5.82 Å². The molecule has 1 amide bonds. The van der Waals surface area contributed by atoms with Gasteiger partial charge in [-0.3, -0.25) is 14.9 Å². The van der Waals surface area contributed by atoms with Crippen molar-refractivity contribution in [2.75, 3.05) is 5.75 Å². The fraction of sp³-hybridized carbons (Fsp3) is 0.143. The number of nitrogens with zero attached hydrogens (tertiary/aromatic N) is 3. The van der Waals surface area contributed by atoms with Crippen molar-refractivity contribution in [3.63, 3.8) is 0 Å². The fourth-order valence-electron chi connectivity index (χ4n) is 3.07. The molecule has 0 unspecified atom stereocenters. The van der Waals surface area contributed by atoms with Crippen LogP contribution in [-0.2, 0) is 4.79 Å². The first kappa shape index (κ1) is 18.2. The molecule has 0 saturated heterocycles. The number of H-pyrrole nitrogens is 1. The minimum atomic E-state index is -0.0845. The lowest BCUT2D eigenvalue weighted by Crippen LogP contribution is -2.28. The number of rotatable bonds is 6. The van der Waals surface area contributed by atoms with Crippen molar-refractivity contribution < 1.29 is 4.79 Å². The number of thioether (sulfide) groups is 1. The van der Waals surface area contributed by atoms with Crippen LogP contribution in [-0.4, -0.2) is 31.8 Å². The topological polar surface area (TPSA) is 83.6 Å². The number of fused-ring (bicyclic) bond motifs is 1. The molecule has 0 saturated carbocycles. The van der Waals surface area contributed by atoms with E-state index in [1.807, 2.05) is 37.3 Å². The number of aromatic amines is 1. The Kier molecular flexibility index (Phi) is 5.34. The number of benzene rings is 2. The molecule has 2 N–H and O–H groups in total. The number of hydrogen-bond donors (Lipinski definition) is 2. The van der Waals surface area contributed by atoms with Crippen molar-refractivity contribution in [1.29, 1.82) is 0 Å². The van der Waals surface area contributed by atoms with Gasteiger partial charge in [-0.1, -0.05) is 54.2 Å². The molecule has 2 heterocycles. The van der Waals surface area contributed by atoms with Gasteiger partial charge in [-0.15, -0.1) is 5.10 Å². The van der Waals surface area contributed by atoms with E-state index in [2.05, 4.69) is 49.7 Å². The second-order valence-corrected chi connectivity index (χ2v) is 7.29. The first-order valence-electron chi connectivity index (χ1n) is 8.93. The summed E-state index contributed by atoms with van der Waals surface area (Å²) in [5.41, 5.74) is 2.01. The summed E-state index contributed by atoms with van der Waals surface area (Å²) in [5, 5.41) is 13.0.